The van der Waals surface area contributed by atoms with Crippen LogP contribution in [0.4, 0.5) is 0 Å². The van der Waals surface area contributed by atoms with E-state index in [9.17, 15) is 0 Å². The Bertz CT molecular complexity index is 838. The standard InChI is InChI=1S/C17H18ClN5O/c1-11-14(17(18)23(21-11)15-4-2-3-7-20-15)9-19-8-13-10-24-22-16(13)12-5-6-12/h2-4,7,10,12,19H,5-6,8-9H2,1H3. The minimum absolute atomic E-state index is 0.581. The molecule has 3 aromatic rings. The summed E-state index contributed by atoms with van der Waals surface area (Å²) in [6, 6.07) is 5.67. The van der Waals surface area contributed by atoms with Gasteiger partial charge in [-0.05, 0) is 31.9 Å². The monoisotopic (exact) mass is 343 g/mol. The summed E-state index contributed by atoms with van der Waals surface area (Å²) in [6.07, 6.45) is 5.88. The minimum atomic E-state index is 0.581. The van der Waals surface area contributed by atoms with Crippen LogP contribution in [0.15, 0.2) is 35.2 Å². The molecule has 0 radical (unpaired) electrons. The summed E-state index contributed by atoms with van der Waals surface area (Å²) in [7, 11) is 0. The number of halogens is 1. The molecule has 1 N–H and O–H groups in total. The fourth-order valence-electron chi connectivity index (χ4n) is 2.78. The van der Waals surface area contributed by atoms with Gasteiger partial charge in [0, 0.05) is 36.3 Å². The van der Waals surface area contributed by atoms with Crippen molar-refractivity contribution in [1.29, 1.82) is 0 Å². The van der Waals surface area contributed by atoms with Crippen LogP contribution in [0, 0.1) is 6.92 Å². The van der Waals surface area contributed by atoms with Crippen molar-refractivity contribution in [1.82, 2.24) is 25.2 Å². The molecule has 1 aliphatic rings. The summed E-state index contributed by atoms with van der Waals surface area (Å²) in [6.45, 7) is 3.30. The van der Waals surface area contributed by atoms with Crippen LogP contribution in [0.2, 0.25) is 5.15 Å². The smallest absolute Gasteiger partial charge is 0.155 e. The molecule has 0 bridgehead atoms. The molecule has 1 fully saturated rings. The van der Waals surface area contributed by atoms with Crippen LogP contribution in [0.5, 0.6) is 0 Å². The normalized spacial score (nSPS) is 14.2. The number of aryl methyl sites for hydroxylation is 1. The zero-order valence-corrected chi connectivity index (χ0v) is 14.1. The molecule has 24 heavy (non-hydrogen) atoms. The molecule has 0 aromatic carbocycles. The lowest BCUT2D eigenvalue weighted by molar-refractivity contribution is 0.411. The highest BCUT2D eigenvalue weighted by atomic mass is 35.5. The number of pyridine rings is 1. The van der Waals surface area contributed by atoms with Crippen molar-refractivity contribution in [2.24, 2.45) is 0 Å². The first-order valence-corrected chi connectivity index (χ1v) is 8.41. The maximum Gasteiger partial charge on any atom is 0.155 e. The first-order valence-electron chi connectivity index (χ1n) is 8.03. The Balaban J connectivity index is 1.47. The lowest BCUT2D eigenvalue weighted by Crippen LogP contribution is -2.14. The van der Waals surface area contributed by atoms with Gasteiger partial charge in [0.05, 0.1) is 11.4 Å². The van der Waals surface area contributed by atoms with E-state index < -0.39 is 0 Å². The maximum atomic E-state index is 6.51. The van der Waals surface area contributed by atoms with Crippen LogP contribution in [0.3, 0.4) is 0 Å². The SMILES string of the molecule is Cc1nn(-c2ccccn2)c(Cl)c1CNCc1conc1C1CC1. The summed E-state index contributed by atoms with van der Waals surface area (Å²) < 4.78 is 6.79. The van der Waals surface area contributed by atoms with Gasteiger partial charge in [-0.3, -0.25) is 0 Å². The molecule has 0 atom stereocenters. The molecule has 0 spiro atoms. The van der Waals surface area contributed by atoms with Gasteiger partial charge >= 0.3 is 0 Å². The largest absolute Gasteiger partial charge is 0.364 e. The second-order valence-electron chi connectivity index (χ2n) is 6.06. The molecule has 0 unspecified atom stereocenters. The van der Waals surface area contributed by atoms with Crippen molar-refractivity contribution >= 4 is 11.6 Å². The van der Waals surface area contributed by atoms with Gasteiger partial charge < -0.3 is 9.84 Å². The summed E-state index contributed by atoms with van der Waals surface area (Å²) in [5.74, 6) is 1.30. The molecule has 0 aliphatic heterocycles. The molecule has 1 aliphatic carbocycles. The summed E-state index contributed by atoms with van der Waals surface area (Å²) in [5.41, 5.74) is 4.09. The highest BCUT2D eigenvalue weighted by Gasteiger charge is 2.29. The Labute approximate surface area is 144 Å². The molecule has 6 nitrogen and oxygen atoms in total. The van der Waals surface area contributed by atoms with Gasteiger partial charge in [-0.25, -0.2) is 9.67 Å². The van der Waals surface area contributed by atoms with Crippen LogP contribution >= 0.6 is 11.6 Å². The number of hydrogen-bond acceptors (Lipinski definition) is 5. The lowest BCUT2D eigenvalue weighted by atomic mass is 10.2. The highest BCUT2D eigenvalue weighted by Crippen LogP contribution is 2.40. The van der Waals surface area contributed by atoms with E-state index in [1.165, 1.54) is 12.8 Å². The second-order valence-corrected chi connectivity index (χ2v) is 6.42. The van der Waals surface area contributed by atoms with Crippen molar-refractivity contribution in [3.8, 4) is 5.82 Å². The fraction of sp³-hybridized carbons (Fsp3) is 0.353. The molecule has 0 amide bonds. The van der Waals surface area contributed by atoms with Gasteiger partial charge in [0.2, 0.25) is 0 Å². The maximum absolute atomic E-state index is 6.51. The van der Waals surface area contributed by atoms with E-state index in [-0.39, 0.29) is 0 Å². The van der Waals surface area contributed by atoms with Gasteiger partial charge in [0.1, 0.15) is 11.4 Å². The molecule has 124 valence electrons. The van der Waals surface area contributed by atoms with Gasteiger partial charge in [-0.2, -0.15) is 5.10 Å². The van der Waals surface area contributed by atoms with E-state index in [2.05, 4.69) is 20.6 Å². The van der Waals surface area contributed by atoms with Gasteiger partial charge in [0.15, 0.2) is 5.82 Å². The van der Waals surface area contributed by atoms with E-state index in [0.29, 0.717) is 30.0 Å². The molecule has 1 saturated carbocycles. The van der Waals surface area contributed by atoms with Crippen LogP contribution in [-0.2, 0) is 13.1 Å². The summed E-state index contributed by atoms with van der Waals surface area (Å²) >= 11 is 6.51. The van der Waals surface area contributed by atoms with Crippen molar-refractivity contribution in [3.63, 3.8) is 0 Å². The molecule has 7 heteroatoms. The molecular weight excluding hydrogens is 326 g/mol. The van der Waals surface area contributed by atoms with Crippen molar-refractivity contribution in [3.05, 3.63) is 58.3 Å². The van der Waals surface area contributed by atoms with Gasteiger partial charge in [-0.15, -0.1) is 0 Å². The summed E-state index contributed by atoms with van der Waals surface area (Å²) in [4.78, 5) is 4.30. The van der Waals surface area contributed by atoms with Crippen LogP contribution in [-0.4, -0.2) is 19.9 Å². The molecular formula is C17H18ClN5O. The Morgan fingerprint density at radius 2 is 2.21 bits per heavy atom. The summed E-state index contributed by atoms with van der Waals surface area (Å²) in [5, 5.41) is 12.6. The number of nitrogens with zero attached hydrogens (tertiary/aromatic N) is 4. The van der Waals surface area contributed by atoms with E-state index in [1.54, 1.807) is 17.1 Å². The number of aromatic nitrogens is 4. The number of rotatable bonds is 6. The highest BCUT2D eigenvalue weighted by molar-refractivity contribution is 6.30. The predicted octanol–water partition coefficient (Wildman–Crippen LogP) is 3.38. The minimum Gasteiger partial charge on any atom is -0.364 e. The van der Waals surface area contributed by atoms with Crippen LogP contribution in [0.25, 0.3) is 5.82 Å². The Hall–Kier alpha value is -2.18. The quantitative estimate of drug-likeness (QED) is 0.743. The fourth-order valence-corrected chi connectivity index (χ4v) is 3.10. The Kier molecular flexibility index (Phi) is 4.08. The third kappa shape index (κ3) is 2.95. The Morgan fingerprint density at radius 3 is 2.96 bits per heavy atom. The zero-order chi connectivity index (χ0) is 16.5. The zero-order valence-electron chi connectivity index (χ0n) is 13.4. The van der Waals surface area contributed by atoms with E-state index in [0.717, 1.165) is 22.5 Å². The molecule has 3 heterocycles. The topological polar surface area (TPSA) is 68.8 Å². The first-order chi connectivity index (χ1) is 11.7. The van der Waals surface area contributed by atoms with Crippen molar-refractivity contribution in [2.75, 3.05) is 0 Å². The number of nitrogens with one attached hydrogen (secondary N) is 1. The third-order valence-corrected chi connectivity index (χ3v) is 4.63. The average molecular weight is 344 g/mol. The number of hydrogen-bond donors (Lipinski definition) is 1. The first kappa shape index (κ1) is 15.4. The molecule has 3 aromatic heterocycles. The van der Waals surface area contributed by atoms with E-state index in [4.69, 9.17) is 16.1 Å². The molecule has 0 saturated heterocycles. The van der Waals surface area contributed by atoms with Gasteiger partial charge in [0.25, 0.3) is 0 Å². The average Bonchev–Trinajstić information content (AvgIpc) is 3.28. The second kappa shape index (κ2) is 6.37. The van der Waals surface area contributed by atoms with Crippen molar-refractivity contribution < 1.29 is 4.52 Å². The third-order valence-electron chi connectivity index (χ3n) is 4.24. The van der Waals surface area contributed by atoms with E-state index >= 15 is 0 Å². The molecule has 4 rings (SSSR count). The van der Waals surface area contributed by atoms with Crippen LogP contribution < -0.4 is 5.32 Å². The lowest BCUT2D eigenvalue weighted by Gasteiger charge is -2.05. The van der Waals surface area contributed by atoms with E-state index in [1.807, 2.05) is 25.1 Å². The predicted molar refractivity (Wildman–Crippen MR) is 90.1 cm³/mol. The van der Waals surface area contributed by atoms with Gasteiger partial charge in [-0.1, -0.05) is 22.8 Å². The van der Waals surface area contributed by atoms with Crippen LogP contribution in [0.1, 0.15) is 41.3 Å². The Morgan fingerprint density at radius 1 is 1.33 bits per heavy atom. The van der Waals surface area contributed by atoms with Crippen molar-refractivity contribution in [2.45, 2.75) is 38.8 Å².